The normalized spacial score (nSPS) is 24.0. The fraction of sp³-hybridized carbons (Fsp3) is 0.700. The van der Waals surface area contributed by atoms with Gasteiger partial charge in [0.25, 0.3) is 0 Å². The summed E-state index contributed by atoms with van der Waals surface area (Å²) in [5.74, 6) is 0. The van der Waals surface area contributed by atoms with Gasteiger partial charge in [0.05, 0.1) is 5.69 Å². The van der Waals surface area contributed by atoms with Crippen LogP contribution in [-0.2, 0) is 10.8 Å². The summed E-state index contributed by atoms with van der Waals surface area (Å²) in [4.78, 5) is 0. The Balaban J connectivity index is 2.60. The number of aromatic nitrogens is 1. The zero-order valence-electron chi connectivity index (χ0n) is 8.14. The fourth-order valence-corrected chi connectivity index (χ4v) is 2.49. The van der Waals surface area contributed by atoms with Gasteiger partial charge in [-0.15, -0.1) is 0 Å². The van der Waals surface area contributed by atoms with Gasteiger partial charge in [0.15, 0.2) is 0 Å². The molecule has 1 aromatic heterocycles. The Morgan fingerprint density at radius 3 is 2.50 bits per heavy atom. The van der Waals surface area contributed by atoms with Crippen LogP contribution >= 0.6 is 0 Å². The number of nitrogens with zero attached hydrogens (tertiary/aromatic N) is 1. The maximum Gasteiger partial charge on any atom is 0.127 e. The van der Waals surface area contributed by atoms with Crippen LogP contribution in [0.4, 0.5) is 0 Å². The topological polar surface area (TPSA) is 26.0 Å². The molecule has 0 bridgehead atoms. The van der Waals surface area contributed by atoms with Crippen molar-refractivity contribution in [3.05, 3.63) is 17.5 Å². The van der Waals surface area contributed by atoms with E-state index in [1.165, 1.54) is 5.56 Å². The second kappa shape index (κ2) is 1.93. The molecule has 0 atom stereocenters. The molecule has 0 N–H and O–H groups in total. The van der Waals surface area contributed by atoms with Crippen molar-refractivity contribution in [1.29, 1.82) is 0 Å². The fourth-order valence-electron chi connectivity index (χ4n) is 2.49. The molecule has 2 heteroatoms. The highest BCUT2D eigenvalue weighted by Gasteiger charge is 2.44. The van der Waals surface area contributed by atoms with Crippen molar-refractivity contribution in [2.75, 3.05) is 0 Å². The average Bonchev–Trinajstić information content (AvgIpc) is 2.34. The minimum atomic E-state index is 0.186. The first-order chi connectivity index (χ1) is 5.43. The lowest BCUT2D eigenvalue weighted by molar-refractivity contribution is 0.341. The molecule has 0 saturated heterocycles. The van der Waals surface area contributed by atoms with E-state index in [0.29, 0.717) is 0 Å². The highest BCUT2D eigenvalue weighted by molar-refractivity contribution is 5.37. The predicted octanol–water partition coefficient (Wildman–Crippen LogP) is 2.63. The van der Waals surface area contributed by atoms with Crippen molar-refractivity contribution in [3.63, 3.8) is 0 Å². The largest absolute Gasteiger partial charge is 0.364 e. The Labute approximate surface area is 72.9 Å². The number of hydrogen-bond acceptors (Lipinski definition) is 2. The van der Waals surface area contributed by atoms with Gasteiger partial charge in [-0.05, 0) is 11.8 Å². The SMILES string of the molecule is CC1(C)CC(C)(C)c2nocc21. The first-order valence-corrected chi connectivity index (χ1v) is 4.39. The molecule has 0 radical (unpaired) electrons. The third-order valence-electron chi connectivity index (χ3n) is 2.82. The molecule has 0 spiro atoms. The van der Waals surface area contributed by atoms with Crippen molar-refractivity contribution in [2.24, 2.45) is 0 Å². The summed E-state index contributed by atoms with van der Waals surface area (Å²) in [7, 11) is 0. The maximum absolute atomic E-state index is 5.01. The van der Waals surface area contributed by atoms with Gasteiger partial charge in [-0.1, -0.05) is 32.9 Å². The Kier molecular flexibility index (Phi) is 1.26. The summed E-state index contributed by atoms with van der Waals surface area (Å²) < 4.78 is 5.01. The number of fused-ring (bicyclic) bond motifs is 1. The molecule has 1 aliphatic carbocycles. The van der Waals surface area contributed by atoms with Gasteiger partial charge in [-0.25, -0.2) is 0 Å². The van der Waals surface area contributed by atoms with Crippen LogP contribution in [0.3, 0.4) is 0 Å². The van der Waals surface area contributed by atoms with E-state index in [1.807, 2.05) is 0 Å². The molecule has 1 heterocycles. The molecule has 0 aliphatic heterocycles. The van der Waals surface area contributed by atoms with Crippen molar-refractivity contribution in [2.45, 2.75) is 44.9 Å². The Morgan fingerprint density at radius 1 is 1.25 bits per heavy atom. The highest BCUT2D eigenvalue weighted by Crippen LogP contribution is 2.48. The Bertz CT molecular complexity index is 281. The molecule has 0 saturated carbocycles. The van der Waals surface area contributed by atoms with E-state index in [-0.39, 0.29) is 10.8 Å². The second-order valence-electron chi connectivity index (χ2n) is 5.02. The molecule has 0 fully saturated rings. The zero-order valence-corrected chi connectivity index (χ0v) is 8.14. The molecule has 2 rings (SSSR count). The van der Waals surface area contributed by atoms with Crippen LogP contribution in [0, 0.1) is 0 Å². The molecule has 1 aliphatic rings. The molecule has 2 nitrogen and oxygen atoms in total. The Morgan fingerprint density at radius 2 is 1.92 bits per heavy atom. The number of rotatable bonds is 0. The van der Waals surface area contributed by atoms with Crippen LogP contribution in [0.25, 0.3) is 0 Å². The molecule has 1 aromatic rings. The summed E-state index contributed by atoms with van der Waals surface area (Å²) >= 11 is 0. The lowest BCUT2D eigenvalue weighted by Crippen LogP contribution is -2.18. The standard InChI is InChI=1S/C10H15NO/c1-9(2)6-10(3,4)8-7(9)5-12-11-8/h5H,6H2,1-4H3. The monoisotopic (exact) mass is 165 g/mol. The van der Waals surface area contributed by atoms with E-state index >= 15 is 0 Å². The predicted molar refractivity (Wildman–Crippen MR) is 47.2 cm³/mol. The summed E-state index contributed by atoms with van der Waals surface area (Å²) in [5.41, 5.74) is 2.85. The van der Waals surface area contributed by atoms with E-state index in [0.717, 1.165) is 12.1 Å². The average molecular weight is 165 g/mol. The molecule has 66 valence electrons. The quantitative estimate of drug-likeness (QED) is 0.590. The lowest BCUT2D eigenvalue weighted by atomic mass is 9.82. The smallest absolute Gasteiger partial charge is 0.127 e. The molecular formula is C10H15NO. The summed E-state index contributed by atoms with van der Waals surface area (Å²) in [6.07, 6.45) is 2.96. The highest BCUT2D eigenvalue weighted by atomic mass is 16.5. The van der Waals surface area contributed by atoms with Crippen LogP contribution < -0.4 is 0 Å². The van der Waals surface area contributed by atoms with E-state index in [4.69, 9.17) is 4.52 Å². The van der Waals surface area contributed by atoms with Crippen LogP contribution in [0.15, 0.2) is 10.8 Å². The van der Waals surface area contributed by atoms with E-state index in [9.17, 15) is 0 Å². The van der Waals surface area contributed by atoms with Gasteiger partial charge in [0, 0.05) is 11.0 Å². The first-order valence-electron chi connectivity index (χ1n) is 4.39. The minimum absolute atomic E-state index is 0.186. The third-order valence-corrected chi connectivity index (χ3v) is 2.82. The van der Waals surface area contributed by atoms with Gasteiger partial charge in [0.2, 0.25) is 0 Å². The summed E-state index contributed by atoms with van der Waals surface area (Å²) in [5, 5.41) is 4.07. The van der Waals surface area contributed by atoms with Gasteiger partial charge in [-0.3, -0.25) is 0 Å². The third kappa shape index (κ3) is 0.838. The van der Waals surface area contributed by atoms with Crippen molar-refractivity contribution in [3.8, 4) is 0 Å². The van der Waals surface area contributed by atoms with Gasteiger partial charge >= 0.3 is 0 Å². The van der Waals surface area contributed by atoms with Gasteiger partial charge < -0.3 is 4.52 Å². The lowest BCUT2D eigenvalue weighted by Gasteiger charge is -2.21. The maximum atomic E-state index is 5.01. The van der Waals surface area contributed by atoms with Crippen LogP contribution in [0.5, 0.6) is 0 Å². The zero-order chi connectivity index (χ0) is 8.98. The molecule has 0 unspecified atom stereocenters. The molecule has 12 heavy (non-hydrogen) atoms. The van der Waals surface area contributed by atoms with Gasteiger partial charge in [-0.2, -0.15) is 0 Å². The Hall–Kier alpha value is -0.790. The molecule has 0 aromatic carbocycles. The molecule has 0 amide bonds. The van der Waals surface area contributed by atoms with Gasteiger partial charge in [0.1, 0.15) is 6.26 Å². The van der Waals surface area contributed by atoms with Crippen molar-refractivity contribution < 1.29 is 4.52 Å². The van der Waals surface area contributed by atoms with Crippen molar-refractivity contribution in [1.82, 2.24) is 5.16 Å². The summed E-state index contributed by atoms with van der Waals surface area (Å²) in [6, 6.07) is 0. The minimum Gasteiger partial charge on any atom is -0.364 e. The van der Waals surface area contributed by atoms with Crippen molar-refractivity contribution >= 4 is 0 Å². The first kappa shape index (κ1) is 7.84. The molecular weight excluding hydrogens is 150 g/mol. The van der Waals surface area contributed by atoms with Crippen LogP contribution in [0.1, 0.15) is 45.4 Å². The second-order valence-corrected chi connectivity index (χ2v) is 5.02. The van der Waals surface area contributed by atoms with E-state index in [2.05, 4.69) is 32.9 Å². The van der Waals surface area contributed by atoms with E-state index in [1.54, 1.807) is 6.26 Å². The number of hydrogen-bond donors (Lipinski definition) is 0. The van der Waals surface area contributed by atoms with E-state index < -0.39 is 0 Å². The van der Waals surface area contributed by atoms with Crippen LogP contribution in [0.2, 0.25) is 0 Å². The van der Waals surface area contributed by atoms with Crippen LogP contribution in [-0.4, -0.2) is 5.16 Å². The summed E-state index contributed by atoms with van der Waals surface area (Å²) in [6.45, 7) is 8.95.